The number of piperazine rings is 1. The lowest BCUT2D eigenvalue weighted by Gasteiger charge is -2.47. The first-order valence-corrected chi connectivity index (χ1v) is 12.3. The van der Waals surface area contributed by atoms with E-state index in [1.165, 1.54) is 50.5 Å². The van der Waals surface area contributed by atoms with Crippen molar-refractivity contribution in [2.75, 3.05) is 6.54 Å². The minimum Gasteiger partial charge on any atom is -0.328 e. The molecule has 2 saturated carbocycles. The molecule has 0 N–H and O–H groups in total. The number of benzene rings is 1. The summed E-state index contributed by atoms with van der Waals surface area (Å²) in [6.07, 6.45) is 15.1. The van der Waals surface area contributed by atoms with Crippen molar-refractivity contribution in [2.45, 2.75) is 109 Å². The molecule has 0 aromatic heterocycles. The van der Waals surface area contributed by atoms with Crippen molar-refractivity contribution in [3.05, 3.63) is 35.4 Å². The number of amides is 2. The van der Waals surface area contributed by atoms with E-state index in [-0.39, 0.29) is 30.4 Å². The van der Waals surface area contributed by atoms with E-state index >= 15 is 0 Å². The molecule has 1 aromatic rings. The highest BCUT2D eigenvalue weighted by Crippen LogP contribution is 2.36. The molecule has 1 atom stereocenters. The Bertz CT molecular complexity index is 713. The highest BCUT2D eigenvalue weighted by Gasteiger charge is 2.45. The Labute approximate surface area is 182 Å². The molecule has 3 aliphatic rings. The maximum Gasteiger partial charge on any atom is 0.250 e. The molecule has 0 spiro atoms. The molecule has 3 fully saturated rings. The van der Waals surface area contributed by atoms with Crippen LogP contribution < -0.4 is 0 Å². The zero-order valence-electron chi connectivity index (χ0n) is 18.7. The fourth-order valence-electron chi connectivity index (χ4n) is 5.78. The molecular weight excluding hydrogens is 372 g/mol. The molecule has 2 aliphatic carbocycles. The quantitative estimate of drug-likeness (QED) is 0.614. The van der Waals surface area contributed by atoms with Gasteiger partial charge in [0.1, 0.15) is 12.6 Å². The molecule has 1 aliphatic heterocycles. The Hall–Kier alpha value is -1.84. The van der Waals surface area contributed by atoms with Crippen LogP contribution in [0.1, 0.15) is 101 Å². The normalized spacial score (nSPS) is 25.7. The molecule has 1 heterocycles. The van der Waals surface area contributed by atoms with E-state index in [4.69, 9.17) is 0 Å². The zero-order chi connectivity index (χ0) is 20.9. The van der Waals surface area contributed by atoms with Gasteiger partial charge in [-0.05, 0) is 38.2 Å². The van der Waals surface area contributed by atoms with Crippen LogP contribution in [0.2, 0.25) is 0 Å². The van der Waals surface area contributed by atoms with Crippen LogP contribution in [0, 0.1) is 6.92 Å². The summed E-state index contributed by atoms with van der Waals surface area (Å²) in [6.45, 7) is 2.35. The minimum atomic E-state index is -0.445. The fraction of sp³-hybridized carbons (Fsp3) is 0.692. The van der Waals surface area contributed by atoms with Crippen LogP contribution >= 0.6 is 0 Å². The van der Waals surface area contributed by atoms with E-state index in [1.807, 2.05) is 9.80 Å². The van der Waals surface area contributed by atoms with E-state index in [0.29, 0.717) is 0 Å². The van der Waals surface area contributed by atoms with Crippen molar-refractivity contribution in [3.63, 3.8) is 0 Å². The molecule has 1 aromatic carbocycles. The van der Waals surface area contributed by atoms with Crippen molar-refractivity contribution < 1.29 is 9.59 Å². The molecule has 1 unspecified atom stereocenters. The predicted octanol–water partition coefficient (Wildman–Crippen LogP) is 5.54. The number of hydrogen-bond donors (Lipinski definition) is 0. The topological polar surface area (TPSA) is 40.6 Å². The maximum absolute atomic E-state index is 13.9. The van der Waals surface area contributed by atoms with Gasteiger partial charge in [-0.2, -0.15) is 0 Å². The monoisotopic (exact) mass is 410 g/mol. The summed E-state index contributed by atoms with van der Waals surface area (Å²) in [5.41, 5.74) is 2.17. The molecule has 30 heavy (non-hydrogen) atoms. The molecule has 2 amide bonds. The maximum atomic E-state index is 13.9. The summed E-state index contributed by atoms with van der Waals surface area (Å²) >= 11 is 0. The van der Waals surface area contributed by atoms with E-state index in [2.05, 4.69) is 31.2 Å². The number of hydrogen-bond acceptors (Lipinski definition) is 2. The lowest BCUT2D eigenvalue weighted by atomic mass is 9.90. The summed E-state index contributed by atoms with van der Waals surface area (Å²) in [6, 6.07) is 8.28. The van der Waals surface area contributed by atoms with Crippen LogP contribution in [0.5, 0.6) is 0 Å². The Morgan fingerprint density at radius 1 is 0.700 bits per heavy atom. The number of nitrogens with zero attached hydrogens (tertiary/aromatic N) is 2. The van der Waals surface area contributed by atoms with E-state index in [0.717, 1.165) is 44.1 Å². The fourth-order valence-corrected chi connectivity index (χ4v) is 5.78. The van der Waals surface area contributed by atoms with Crippen LogP contribution in [-0.2, 0) is 9.59 Å². The predicted molar refractivity (Wildman–Crippen MR) is 120 cm³/mol. The third-order valence-corrected chi connectivity index (χ3v) is 7.52. The summed E-state index contributed by atoms with van der Waals surface area (Å²) in [4.78, 5) is 31.4. The third kappa shape index (κ3) is 4.73. The van der Waals surface area contributed by atoms with Crippen LogP contribution in [0.3, 0.4) is 0 Å². The summed E-state index contributed by atoms with van der Waals surface area (Å²) in [5.74, 6) is 0.322. The molecule has 0 radical (unpaired) electrons. The van der Waals surface area contributed by atoms with Crippen LogP contribution in [0.4, 0.5) is 0 Å². The van der Waals surface area contributed by atoms with Crippen molar-refractivity contribution in [1.82, 2.24) is 9.80 Å². The summed E-state index contributed by atoms with van der Waals surface area (Å²) in [5, 5.41) is 0. The van der Waals surface area contributed by atoms with Crippen LogP contribution in [0.15, 0.2) is 24.3 Å². The van der Waals surface area contributed by atoms with Gasteiger partial charge in [-0.15, -0.1) is 0 Å². The largest absolute Gasteiger partial charge is 0.328 e. The molecular formula is C26H38N2O2. The van der Waals surface area contributed by atoms with Crippen LogP contribution in [-0.4, -0.2) is 40.2 Å². The smallest absolute Gasteiger partial charge is 0.250 e. The van der Waals surface area contributed by atoms with Gasteiger partial charge >= 0.3 is 0 Å². The molecule has 0 bridgehead atoms. The molecule has 1 saturated heterocycles. The van der Waals surface area contributed by atoms with Gasteiger partial charge in [0.05, 0.1) is 0 Å². The van der Waals surface area contributed by atoms with Crippen molar-refractivity contribution in [3.8, 4) is 0 Å². The Kier molecular flexibility index (Phi) is 7.12. The Balaban J connectivity index is 1.65. The highest BCUT2D eigenvalue weighted by atomic mass is 16.2. The van der Waals surface area contributed by atoms with Gasteiger partial charge in [-0.3, -0.25) is 9.59 Å². The molecule has 164 valence electrons. The molecule has 4 rings (SSSR count). The average Bonchev–Trinajstić information content (AvgIpc) is 3.00. The highest BCUT2D eigenvalue weighted by molar-refractivity contribution is 5.96. The molecule has 4 nitrogen and oxygen atoms in total. The number of aryl methyl sites for hydroxylation is 1. The lowest BCUT2D eigenvalue weighted by Crippen LogP contribution is -2.60. The van der Waals surface area contributed by atoms with E-state index < -0.39 is 6.04 Å². The standard InChI is InChI=1S/C26H38N2O2/c1-20-15-17-21(18-16-20)25-26(30)27(22-11-7-5-6-8-12-22)19-24(29)28(25)23-13-9-3-2-4-10-14-23/h15-18,22-23,25H,2-14,19H2,1H3. The number of carbonyl (C=O) groups is 2. The van der Waals surface area contributed by atoms with Gasteiger partial charge in [0.2, 0.25) is 5.91 Å². The first kappa shape index (κ1) is 21.4. The van der Waals surface area contributed by atoms with Crippen LogP contribution in [0.25, 0.3) is 0 Å². The van der Waals surface area contributed by atoms with Crippen molar-refractivity contribution in [2.24, 2.45) is 0 Å². The van der Waals surface area contributed by atoms with Crippen molar-refractivity contribution in [1.29, 1.82) is 0 Å². The average molecular weight is 411 g/mol. The van der Waals surface area contributed by atoms with Crippen molar-refractivity contribution >= 4 is 11.8 Å². The zero-order valence-corrected chi connectivity index (χ0v) is 18.7. The van der Waals surface area contributed by atoms with Gasteiger partial charge in [0.15, 0.2) is 0 Å². The van der Waals surface area contributed by atoms with Gasteiger partial charge in [0.25, 0.3) is 5.91 Å². The summed E-state index contributed by atoms with van der Waals surface area (Å²) in [7, 11) is 0. The second kappa shape index (κ2) is 9.98. The number of carbonyl (C=O) groups excluding carboxylic acids is 2. The SMILES string of the molecule is Cc1ccc(C2C(=O)N(C3CCCCCC3)CC(=O)N2C2CCCCCCC2)cc1. The summed E-state index contributed by atoms with van der Waals surface area (Å²) < 4.78 is 0. The second-order valence-electron chi connectivity index (χ2n) is 9.72. The van der Waals surface area contributed by atoms with Gasteiger partial charge in [0, 0.05) is 12.1 Å². The molecule has 4 heteroatoms. The van der Waals surface area contributed by atoms with E-state index in [9.17, 15) is 9.59 Å². The first-order valence-electron chi connectivity index (χ1n) is 12.3. The van der Waals surface area contributed by atoms with Gasteiger partial charge in [-0.25, -0.2) is 0 Å². The second-order valence-corrected chi connectivity index (χ2v) is 9.72. The minimum absolute atomic E-state index is 0.160. The van der Waals surface area contributed by atoms with Gasteiger partial charge in [-0.1, -0.05) is 87.6 Å². The Morgan fingerprint density at radius 2 is 1.20 bits per heavy atom. The van der Waals surface area contributed by atoms with Gasteiger partial charge < -0.3 is 9.80 Å². The first-order chi connectivity index (χ1) is 14.6. The number of rotatable bonds is 3. The third-order valence-electron chi connectivity index (χ3n) is 7.52. The van der Waals surface area contributed by atoms with E-state index in [1.54, 1.807) is 0 Å². The Morgan fingerprint density at radius 3 is 1.77 bits per heavy atom. The lowest BCUT2D eigenvalue weighted by molar-refractivity contribution is -0.162.